The summed E-state index contributed by atoms with van der Waals surface area (Å²) in [6.07, 6.45) is -2.62. The van der Waals surface area contributed by atoms with E-state index in [2.05, 4.69) is 5.32 Å². The molecule has 2 saturated heterocycles. The molecule has 0 aromatic rings. The zero-order chi connectivity index (χ0) is 19.7. The highest BCUT2D eigenvalue weighted by Gasteiger charge is 2.55. The van der Waals surface area contributed by atoms with E-state index in [1.165, 1.54) is 21.1 Å². The van der Waals surface area contributed by atoms with Crippen molar-refractivity contribution in [2.75, 3.05) is 20.8 Å². The summed E-state index contributed by atoms with van der Waals surface area (Å²) in [6, 6.07) is -0.539. The molecule has 2 fully saturated rings. The van der Waals surface area contributed by atoms with E-state index in [1.54, 1.807) is 13.8 Å². The quantitative estimate of drug-likeness (QED) is 0.643. The summed E-state index contributed by atoms with van der Waals surface area (Å²) < 4.78 is 27.3. The molecule has 0 aromatic carbocycles. The Bertz CT molecular complexity index is 539. The van der Waals surface area contributed by atoms with Crippen molar-refractivity contribution in [1.82, 2.24) is 5.32 Å². The van der Waals surface area contributed by atoms with Crippen molar-refractivity contribution in [2.24, 2.45) is 5.92 Å². The summed E-state index contributed by atoms with van der Waals surface area (Å²) in [7, 11) is 2.57. The van der Waals surface area contributed by atoms with Gasteiger partial charge in [0.25, 0.3) is 5.79 Å². The Morgan fingerprint density at radius 1 is 1.27 bits per heavy atom. The maximum atomic E-state index is 12.3. The fourth-order valence-electron chi connectivity index (χ4n) is 3.55. The van der Waals surface area contributed by atoms with Gasteiger partial charge in [0, 0.05) is 20.5 Å². The number of ether oxygens (including phenoxy) is 5. The minimum absolute atomic E-state index is 0.160. The number of esters is 1. The van der Waals surface area contributed by atoms with Gasteiger partial charge >= 0.3 is 5.97 Å². The molecule has 2 aliphatic rings. The largest absolute Gasteiger partial charge is 0.465 e. The van der Waals surface area contributed by atoms with E-state index in [0.717, 1.165) is 0 Å². The summed E-state index contributed by atoms with van der Waals surface area (Å²) in [6.45, 7) is 6.86. The van der Waals surface area contributed by atoms with E-state index in [1.807, 2.05) is 6.92 Å². The van der Waals surface area contributed by atoms with Gasteiger partial charge in [-0.25, -0.2) is 4.79 Å². The van der Waals surface area contributed by atoms with Gasteiger partial charge in [0.05, 0.1) is 19.8 Å². The number of carbonyl (C=O) groups excluding carboxylic acids is 2. The molecular weight excluding hydrogens is 346 g/mol. The van der Waals surface area contributed by atoms with Gasteiger partial charge in [0.2, 0.25) is 5.91 Å². The van der Waals surface area contributed by atoms with Crippen LogP contribution in [0.3, 0.4) is 0 Å². The monoisotopic (exact) mass is 375 g/mol. The molecule has 2 aliphatic heterocycles. The van der Waals surface area contributed by atoms with Gasteiger partial charge in [-0.05, 0) is 19.8 Å². The van der Waals surface area contributed by atoms with Crippen LogP contribution in [-0.4, -0.2) is 73.7 Å². The number of rotatable bonds is 5. The van der Waals surface area contributed by atoms with Crippen LogP contribution in [0.25, 0.3) is 0 Å². The number of nitrogens with one attached hydrogen (secondary N) is 1. The second-order valence-electron chi connectivity index (χ2n) is 7.30. The summed E-state index contributed by atoms with van der Waals surface area (Å²) in [5.41, 5.74) is 0. The Hall–Kier alpha value is -1.26. The molecule has 0 aliphatic carbocycles. The normalized spacial score (nSPS) is 37.8. The van der Waals surface area contributed by atoms with E-state index in [9.17, 15) is 14.7 Å². The lowest BCUT2D eigenvalue weighted by atomic mass is 9.83. The van der Waals surface area contributed by atoms with Gasteiger partial charge in [0.1, 0.15) is 18.3 Å². The van der Waals surface area contributed by atoms with Crippen molar-refractivity contribution in [1.29, 1.82) is 0 Å². The number of amides is 1. The third kappa shape index (κ3) is 4.17. The molecule has 0 saturated carbocycles. The van der Waals surface area contributed by atoms with Crippen LogP contribution >= 0.6 is 0 Å². The topological polar surface area (TPSA) is 113 Å². The lowest BCUT2D eigenvalue weighted by Crippen LogP contribution is -2.65. The molecule has 9 nitrogen and oxygen atoms in total. The molecule has 0 spiro atoms. The highest BCUT2D eigenvalue weighted by Crippen LogP contribution is 2.38. The van der Waals surface area contributed by atoms with Crippen LogP contribution in [0.2, 0.25) is 0 Å². The summed E-state index contributed by atoms with van der Waals surface area (Å²) in [5.74, 6) is -3.70. The van der Waals surface area contributed by atoms with Crippen molar-refractivity contribution in [3.63, 3.8) is 0 Å². The van der Waals surface area contributed by atoms with Gasteiger partial charge < -0.3 is 34.1 Å². The molecule has 2 N–H and O–H groups in total. The van der Waals surface area contributed by atoms with Gasteiger partial charge in [-0.15, -0.1) is 0 Å². The molecular formula is C17H29NO8. The zero-order valence-corrected chi connectivity index (χ0v) is 16.1. The van der Waals surface area contributed by atoms with Crippen molar-refractivity contribution in [3.05, 3.63) is 0 Å². The Labute approximate surface area is 153 Å². The molecule has 2 rings (SSSR count). The molecule has 0 bridgehead atoms. The summed E-state index contributed by atoms with van der Waals surface area (Å²) in [4.78, 5) is 23.9. The smallest absolute Gasteiger partial charge is 0.366 e. The van der Waals surface area contributed by atoms with Gasteiger partial charge in [-0.1, -0.05) is 6.92 Å². The van der Waals surface area contributed by atoms with Crippen molar-refractivity contribution >= 4 is 11.9 Å². The van der Waals surface area contributed by atoms with Crippen molar-refractivity contribution in [3.8, 4) is 0 Å². The van der Waals surface area contributed by atoms with E-state index in [-0.39, 0.29) is 24.9 Å². The maximum absolute atomic E-state index is 12.3. The van der Waals surface area contributed by atoms with Crippen LogP contribution in [0.1, 0.15) is 34.1 Å². The van der Waals surface area contributed by atoms with E-state index < -0.39 is 41.9 Å². The van der Waals surface area contributed by atoms with E-state index in [4.69, 9.17) is 23.7 Å². The SMILES string of the molecule is COC(=O)[C@]1(OC)C[C@H](C)[C@@H](NC(C)=O)[C@H]([C@H](O)[C@H]2COC(C)(C)O2)O1. The number of carbonyl (C=O) groups is 2. The number of aliphatic hydroxyl groups excluding tert-OH is 1. The average molecular weight is 375 g/mol. The Morgan fingerprint density at radius 2 is 1.92 bits per heavy atom. The van der Waals surface area contributed by atoms with Crippen LogP contribution in [0, 0.1) is 5.92 Å². The second kappa shape index (κ2) is 7.77. The number of hydrogen-bond donors (Lipinski definition) is 2. The molecule has 1 amide bonds. The van der Waals surface area contributed by atoms with E-state index >= 15 is 0 Å². The lowest BCUT2D eigenvalue weighted by Gasteiger charge is -2.47. The Balaban J connectivity index is 2.31. The number of hydrogen-bond acceptors (Lipinski definition) is 8. The fraction of sp³-hybridized carbons (Fsp3) is 0.882. The average Bonchev–Trinajstić information content (AvgIpc) is 2.94. The molecule has 26 heavy (non-hydrogen) atoms. The predicted octanol–water partition coefficient (Wildman–Crippen LogP) is -0.0558. The standard InChI is InChI=1S/C17H29NO8/c1-9-7-17(23-6,15(21)22-5)26-14(12(9)18-10(2)19)13(20)11-8-24-16(3,4)25-11/h9,11-14,20H,7-8H2,1-6H3,(H,18,19)/t9-,11+,12+,13+,14+,17-/m0/s1. The van der Waals surface area contributed by atoms with Crippen LogP contribution < -0.4 is 5.32 Å². The van der Waals surface area contributed by atoms with Crippen LogP contribution in [-0.2, 0) is 33.3 Å². The first-order chi connectivity index (χ1) is 12.0. The first-order valence-electron chi connectivity index (χ1n) is 8.63. The predicted molar refractivity (Wildman–Crippen MR) is 88.9 cm³/mol. The third-order valence-electron chi connectivity index (χ3n) is 4.83. The van der Waals surface area contributed by atoms with Gasteiger partial charge in [-0.3, -0.25) is 4.79 Å². The number of methoxy groups -OCH3 is 2. The summed E-state index contributed by atoms with van der Waals surface area (Å²) >= 11 is 0. The third-order valence-corrected chi connectivity index (χ3v) is 4.83. The molecule has 0 radical (unpaired) electrons. The summed E-state index contributed by atoms with van der Waals surface area (Å²) in [5, 5.41) is 13.7. The second-order valence-corrected chi connectivity index (χ2v) is 7.30. The Morgan fingerprint density at radius 3 is 2.38 bits per heavy atom. The highest BCUT2D eigenvalue weighted by atomic mass is 16.8. The fourth-order valence-corrected chi connectivity index (χ4v) is 3.55. The minimum Gasteiger partial charge on any atom is -0.465 e. The van der Waals surface area contributed by atoms with E-state index in [0.29, 0.717) is 0 Å². The van der Waals surface area contributed by atoms with Crippen LogP contribution in [0.5, 0.6) is 0 Å². The molecule has 2 heterocycles. The van der Waals surface area contributed by atoms with Crippen molar-refractivity contribution < 1.29 is 38.4 Å². The minimum atomic E-state index is -1.66. The molecule has 9 heteroatoms. The first kappa shape index (κ1) is 21.0. The zero-order valence-electron chi connectivity index (χ0n) is 16.1. The van der Waals surface area contributed by atoms with Crippen molar-refractivity contribution in [2.45, 2.75) is 70.0 Å². The molecule has 0 unspecified atom stereocenters. The molecule has 6 atom stereocenters. The first-order valence-corrected chi connectivity index (χ1v) is 8.63. The molecule has 150 valence electrons. The van der Waals surface area contributed by atoms with Gasteiger partial charge in [-0.2, -0.15) is 0 Å². The molecule has 0 aromatic heterocycles. The lowest BCUT2D eigenvalue weighted by molar-refractivity contribution is -0.299. The van der Waals surface area contributed by atoms with Crippen LogP contribution in [0.15, 0.2) is 0 Å². The maximum Gasteiger partial charge on any atom is 0.366 e. The van der Waals surface area contributed by atoms with Crippen LogP contribution in [0.4, 0.5) is 0 Å². The van der Waals surface area contributed by atoms with Gasteiger partial charge in [0.15, 0.2) is 5.79 Å². The highest BCUT2D eigenvalue weighted by molar-refractivity contribution is 5.78. The number of aliphatic hydroxyl groups is 1. The Kier molecular flexibility index (Phi) is 6.29.